The average Bonchev–Trinajstić information content (AvgIpc) is 3.85. The number of non-ortho nitro benzene ring substituents is 2. The van der Waals surface area contributed by atoms with E-state index in [1.807, 2.05) is 32.1 Å². The second-order valence-electron chi connectivity index (χ2n) is 16.3. The van der Waals surface area contributed by atoms with Crippen LogP contribution >= 0.6 is 0 Å². The Balaban J connectivity index is 0.000000228. The van der Waals surface area contributed by atoms with E-state index < -0.39 is 9.85 Å². The van der Waals surface area contributed by atoms with Gasteiger partial charge >= 0.3 is 0 Å². The standard InChI is InChI=1S/C22H28N3.2C13H15N5O4.Co/c1-6-17-12-14-18(15-13-17)24(5)23-16-21-22(3,4)19-10-8-9-11-20(19)25(21)7-2;2*1-3-4-9-12(13(20)17(2)16-9)15-14-10-7-8(18(21)22)5-6-11(10)19;/h8-16H,6-7H2,1-5H3;2*5-7,19-20H,3-4H2,1-2H3;/q+1;;;. The second kappa shape index (κ2) is 24.4. The number of nitrogens with zero attached hydrogens (tertiary/aromatic N) is 13. The number of aromatic hydroxyl groups is 4. The molecule has 0 saturated heterocycles. The van der Waals surface area contributed by atoms with Gasteiger partial charge in [0.05, 0.1) is 32.3 Å². The summed E-state index contributed by atoms with van der Waals surface area (Å²) < 4.78 is 4.91. The Labute approximate surface area is 415 Å². The fourth-order valence-corrected chi connectivity index (χ4v) is 7.32. The van der Waals surface area contributed by atoms with Gasteiger partial charge in [-0.3, -0.25) is 25.2 Å². The summed E-state index contributed by atoms with van der Waals surface area (Å²) in [5.41, 5.74) is 7.30. The molecule has 371 valence electrons. The van der Waals surface area contributed by atoms with E-state index in [0.29, 0.717) is 24.2 Å². The molecular weight excluding hydrogens is 946 g/mol. The fourth-order valence-electron chi connectivity index (χ4n) is 7.32. The molecule has 0 spiro atoms. The minimum absolute atomic E-state index is 0. The van der Waals surface area contributed by atoms with Crippen LogP contribution in [0.5, 0.6) is 23.3 Å². The van der Waals surface area contributed by atoms with Gasteiger partial charge in [0.2, 0.25) is 23.2 Å². The molecule has 0 unspecified atom stereocenters. The first-order chi connectivity index (χ1) is 32.9. The molecule has 3 heterocycles. The van der Waals surface area contributed by atoms with Crippen molar-refractivity contribution in [3.05, 3.63) is 128 Å². The van der Waals surface area contributed by atoms with Crippen LogP contribution in [0.15, 0.2) is 110 Å². The molecule has 2 aromatic heterocycles. The molecule has 4 N–H and O–H groups in total. The van der Waals surface area contributed by atoms with Crippen LogP contribution in [0.25, 0.3) is 0 Å². The van der Waals surface area contributed by atoms with Gasteiger partial charge in [-0.25, -0.2) is 9.36 Å². The van der Waals surface area contributed by atoms with Gasteiger partial charge in [0.25, 0.3) is 11.4 Å². The third-order valence-electron chi connectivity index (χ3n) is 11.1. The van der Waals surface area contributed by atoms with E-state index in [-0.39, 0.29) is 79.6 Å². The largest absolute Gasteiger partial charge is 0.506 e. The van der Waals surface area contributed by atoms with Crippen LogP contribution in [0, 0.1) is 20.2 Å². The second-order valence-corrected chi connectivity index (χ2v) is 16.3. The first-order valence-corrected chi connectivity index (χ1v) is 22.3. The van der Waals surface area contributed by atoms with E-state index in [2.05, 4.69) is 111 Å². The molecule has 21 nitrogen and oxygen atoms in total. The van der Waals surface area contributed by atoms with Crippen molar-refractivity contribution in [3.63, 3.8) is 0 Å². The summed E-state index contributed by atoms with van der Waals surface area (Å²) in [4.78, 5) is 20.3. The van der Waals surface area contributed by atoms with E-state index in [0.717, 1.165) is 43.6 Å². The molecule has 4 aromatic carbocycles. The Bertz CT molecular complexity index is 2800. The summed E-state index contributed by atoms with van der Waals surface area (Å²) in [5, 5.41) is 90.9. The molecular formula is C48H58CoN13O8+. The van der Waals surface area contributed by atoms with Gasteiger partial charge in [-0.2, -0.15) is 19.9 Å². The number of aryl methyl sites for hydroxylation is 5. The van der Waals surface area contributed by atoms with Gasteiger partial charge in [-0.15, -0.1) is 20.5 Å². The molecule has 0 bridgehead atoms. The number of azo groups is 2. The van der Waals surface area contributed by atoms with Crippen molar-refractivity contribution in [3.8, 4) is 23.3 Å². The SMILES string of the molecule is CCCc1nn(C)c(O)c1N=Nc1cc([N+](=O)[O-])ccc1O.CCCc1nn(C)c(O)c1N=Nc1cc([N+](=O)[O-])ccc1O.CCc1ccc(N(C)/N=C/C2=[N+](CC)c3ccccc3C2(C)C)cc1.[Co]. The van der Waals surface area contributed by atoms with E-state index >= 15 is 0 Å². The maximum absolute atomic E-state index is 10.7. The minimum atomic E-state index is -0.595. The Morgan fingerprint density at radius 2 is 1.19 bits per heavy atom. The molecule has 0 aliphatic carbocycles. The van der Waals surface area contributed by atoms with Gasteiger partial charge in [0.15, 0.2) is 11.4 Å². The normalized spacial score (nSPS) is 12.6. The zero-order valence-electron chi connectivity index (χ0n) is 40.5. The zero-order chi connectivity index (χ0) is 50.6. The molecule has 22 heteroatoms. The van der Waals surface area contributed by atoms with Crippen molar-refractivity contribution in [2.75, 3.05) is 18.6 Å². The summed E-state index contributed by atoms with van der Waals surface area (Å²) in [6, 6.07) is 24.1. The fraction of sp³-hybridized carbons (Fsp3) is 0.333. The summed E-state index contributed by atoms with van der Waals surface area (Å²) in [6.45, 7) is 13.8. The van der Waals surface area contributed by atoms with Crippen LogP contribution < -0.4 is 5.01 Å². The van der Waals surface area contributed by atoms with Gasteiger partial charge in [0.1, 0.15) is 35.6 Å². The van der Waals surface area contributed by atoms with Crippen molar-refractivity contribution < 1.29 is 51.6 Å². The van der Waals surface area contributed by atoms with Crippen LogP contribution in [0.4, 0.5) is 45.5 Å². The third-order valence-corrected chi connectivity index (χ3v) is 11.1. The van der Waals surface area contributed by atoms with Crippen LogP contribution in [-0.4, -0.2) is 79.9 Å². The summed E-state index contributed by atoms with van der Waals surface area (Å²) in [5.74, 6) is -0.793. The van der Waals surface area contributed by atoms with E-state index in [9.17, 15) is 40.7 Å². The number of fused-ring (bicyclic) bond motifs is 1. The number of hydrazone groups is 1. The van der Waals surface area contributed by atoms with Crippen molar-refractivity contribution >= 4 is 57.4 Å². The van der Waals surface area contributed by atoms with Crippen LogP contribution in [0.1, 0.15) is 76.9 Å². The number of hydrogen-bond donors (Lipinski definition) is 4. The van der Waals surface area contributed by atoms with Crippen molar-refractivity contribution in [1.82, 2.24) is 19.6 Å². The molecule has 7 rings (SSSR count). The summed E-state index contributed by atoms with van der Waals surface area (Å²) in [6.07, 6.45) is 5.90. The number of aromatic nitrogens is 4. The van der Waals surface area contributed by atoms with Gasteiger partial charge in [-0.05, 0) is 69.9 Å². The first-order valence-electron chi connectivity index (χ1n) is 22.3. The maximum atomic E-state index is 10.7. The Morgan fingerprint density at radius 3 is 1.61 bits per heavy atom. The average molecular weight is 1000 g/mol. The molecule has 0 atom stereocenters. The molecule has 0 saturated carbocycles. The van der Waals surface area contributed by atoms with Gasteiger partial charge in [-0.1, -0.05) is 63.9 Å². The number of nitro benzene ring substituents is 2. The molecule has 1 radical (unpaired) electrons. The third kappa shape index (κ3) is 12.8. The Morgan fingerprint density at radius 1 is 0.714 bits per heavy atom. The number of nitro groups is 2. The van der Waals surface area contributed by atoms with Crippen molar-refractivity contribution in [1.29, 1.82) is 0 Å². The molecule has 6 aromatic rings. The molecule has 70 heavy (non-hydrogen) atoms. The number of para-hydroxylation sites is 1. The van der Waals surface area contributed by atoms with E-state index in [1.54, 1.807) is 14.1 Å². The summed E-state index contributed by atoms with van der Waals surface area (Å²) >= 11 is 0. The van der Waals surface area contributed by atoms with E-state index in [4.69, 9.17) is 5.10 Å². The number of phenolic OH excluding ortho intramolecular Hbond substituents is 2. The molecule has 0 fully saturated rings. The predicted molar refractivity (Wildman–Crippen MR) is 263 cm³/mol. The zero-order valence-corrected chi connectivity index (χ0v) is 41.5. The number of hydrogen-bond acceptors (Lipinski definition) is 16. The number of rotatable bonds is 15. The van der Waals surface area contributed by atoms with Gasteiger partial charge in [0, 0.05) is 73.8 Å². The van der Waals surface area contributed by atoms with Crippen molar-refractivity contribution in [2.45, 2.75) is 79.1 Å². The Kier molecular flexibility index (Phi) is 19.1. The first kappa shape index (κ1) is 54.7. The Hall–Kier alpha value is -7.85. The molecule has 1 aliphatic rings. The molecule has 1 aliphatic heterocycles. The number of anilines is 1. The summed E-state index contributed by atoms with van der Waals surface area (Å²) in [7, 11) is 5.14. The predicted octanol–water partition coefficient (Wildman–Crippen LogP) is 11.0. The monoisotopic (exact) mass is 1000 g/mol. The minimum Gasteiger partial charge on any atom is -0.506 e. The van der Waals surface area contributed by atoms with Crippen LogP contribution in [0.3, 0.4) is 0 Å². The molecule has 0 amide bonds. The van der Waals surface area contributed by atoms with E-state index in [1.165, 1.54) is 56.2 Å². The van der Waals surface area contributed by atoms with Crippen LogP contribution in [0.2, 0.25) is 0 Å². The smallest absolute Gasteiger partial charge is 0.271 e. The quantitative estimate of drug-likeness (QED) is 0.0247. The van der Waals surface area contributed by atoms with Crippen molar-refractivity contribution in [2.24, 2.45) is 39.7 Å². The maximum Gasteiger partial charge on any atom is 0.271 e. The van der Waals surface area contributed by atoms with Crippen LogP contribution in [-0.2, 0) is 55.6 Å². The number of phenols is 2. The van der Waals surface area contributed by atoms with Gasteiger partial charge < -0.3 is 20.4 Å². The topological polar surface area (TPSA) is 271 Å². The number of benzene rings is 4.